The first-order valence-electron chi connectivity index (χ1n) is 4.98. The fourth-order valence-corrected chi connectivity index (χ4v) is 2.31. The molecule has 4 N–H and O–H groups in total. The second kappa shape index (κ2) is 3.52. The second-order valence-corrected chi connectivity index (χ2v) is 4.09. The lowest BCUT2D eigenvalue weighted by molar-refractivity contribution is -0.130. The summed E-state index contributed by atoms with van der Waals surface area (Å²) in [6.45, 7) is 0. The minimum Gasteiger partial charge on any atom is -0.369 e. The van der Waals surface area contributed by atoms with Gasteiger partial charge in [-0.05, 0) is 19.3 Å². The minimum atomic E-state index is -0.480. The molecule has 3 atom stereocenters. The molecule has 2 fully saturated rings. The van der Waals surface area contributed by atoms with Crippen LogP contribution in [-0.2, 0) is 9.59 Å². The summed E-state index contributed by atoms with van der Waals surface area (Å²) in [7, 11) is 0. The topological polar surface area (TPSA) is 101 Å². The largest absolute Gasteiger partial charge is 0.369 e. The summed E-state index contributed by atoms with van der Waals surface area (Å²) in [4.78, 5) is 33.5. The van der Waals surface area contributed by atoms with Gasteiger partial charge in [0.05, 0.1) is 5.92 Å². The first kappa shape index (κ1) is 9.95. The SMILES string of the molecule is NC(=O)C1CCC2C(=O)NC(=O)NC2C1. The molecule has 15 heavy (non-hydrogen) atoms. The molecule has 1 saturated heterocycles. The zero-order chi connectivity index (χ0) is 11.0. The summed E-state index contributed by atoms with van der Waals surface area (Å²) in [5.74, 6) is -1.03. The third-order valence-corrected chi connectivity index (χ3v) is 3.14. The smallest absolute Gasteiger partial charge is 0.321 e. The summed E-state index contributed by atoms with van der Waals surface area (Å²) in [5, 5.41) is 4.87. The van der Waals surface area contributed by atoms with Gasteiger partial charge in [-0.15, -0.1) is 0 Å². The van der Waals surface area contributed by atoms with E-state index in [4.69, 9.17) is 5.73 Å². The van der Waals surface area contributed by atoms with Crippen LogP contribution in [0.2, 0.25) is 0 Å². The van der Waals surface area contributed by atoms with Crippen LogP contribution in [0.1, 0.15) is 19.3 Å². The Hall–Kier alpha value is -1.59. The number of carbonyl (C=O) groups excluding carboxylic acids is 3. The molecule has 0 spiro atoms. The molecule has 0 aromatic carbocycles. The van der Waals surface area contributed by atoms with Gasteiger partial charge < -0.3 is 11.1 Å². The number of primary amides is 1. The van der Waals surface area contributed by atoms with Gasteiger partial charge in [0, 0.05) is 12.0 Å². The first-order valence-corrected chi connectivity index (χ1v) is 4.98. The Morgan fingerprint density at radius 3 is 2.73 bits per heavy atom. The van der Waals surface area contributed by atoms with Crippen LogP contribution in [0.25, 0.3) is 0 Å². The zero-order valence-corrected chi connectivity index (χ0v) is 8.16. The molecule has 1 saturated carbocycles. The normalized spacial score (nSPS) is 35.1. The first-order chi connectivity index (χ1) is 7.08. The Morgan fingerprint density at radius 2 is 2.07 bits per heavy atom. The Balaban J connectivity index is 2.09. The van der Waals surface area contributed by atoms with Crippen LogP contribution in [0, 0.1) is 11.8 Å². The fourth-order valence-electron chi connectivity index (χ4n) is 2.31. The van der Waals surface area contributed by atoms with Crippen molar-refractivity contribution in [1.29, 1.82) is 0 Å². The Labute approximate surface area is 86.6 Å². The van der Waals surface area contributed by atoms with Crippen molar-refractivity contribution in [2.45, 2.75) is 25.3 Å². The Kier molecular flexibility index (Phi) is 2.34. The molecule has 6 heteroatoms. The molecule has 1 aliphatic carbocycles. The van der Waals surface area contributed by atoms with Gasteiger partial charge in [-0.2, -0.15) is 0 Å². The Bertz CT molecular complexity index is 329. The van der Waals surface area contributed by atoms with Crippen molar-refractivity contribution in [1.82, 2.24) is 10.6 Å². The number of rotatable bonds is 1. The third-order valence-electron chi connectivity index (χ3n) is 3.14. The van der Waals surface area contributed by atoms with Gasteiger partial charge in [0.15, 0.2) is 0 Å². The average molecular weight is 211 g/mol. The number of urea groups is 1. The summed E-state index contributed by atoms with van der Waals surface area (Å²) in [6.07, 6.45) is 1.70. The molecule has 0 aromatic rings. The van der Waals surface area contributed by atoms with Gasteiger partial charge >= 0.3 is 6.03 Å². The average Bonchev–Trinajstić information content (AvgIpc) is 2.16. The molecule has 4 amide bonds. The molecule has 0 aromatic heterocycles. The molecule has 82 valence electrons. The number of carbonyl (C=O) groups is 3. The van der Waals surface area contributed by atoms with Crippen LogP contribution in [0.4, 0.5) is 4.79 Å². The van der Waals surface area contributed by atoms with Crippen LogP contribution in [0.15, 0.2) is 0 Å². The fraction of sp³-hybridized carbons (Fsp3) is 0.667. The van der Waals surface area contributed by atoms with E-state index in [2.05, 4.69) is 10.6 Å². The van der Waals surface area contributed by atoms with E-state index in [0.29, 0.717) is 19.3 Å². The van der Waals surface area contributed by atoms with Crippen molar-refractivity contribution in [3.63, 3.8) is 0 Å². The highest BCUT2D eigenvalue weighted by molar-refractivity contribution is 5.98. The quantitative estimate of drug-likeness (QED) is 0.523. The van der Waals surface area contributed by atoms with E-state index in [1.165, 1.54) is 0 Å². The van der Waals surface area contributed by atoms with Crippen molar-refractivity contribution in [2.75, 3.05) is 0 Å². The van der Waals surface area contributed by atoms with Crippen molar-refractivity contribution in [3.05, 3.63) is 0 Å². The molecule has 0 radical (unpaired) electrons. The van der Waals surface area contributed by atoms with Gasteiger partial charge in [-0.25, -0.2) is 4.79 Å². The summed E-state index contributed by atoms with van der Waals surface area (Å²) in [6, 6.07) is -0.719. The molecule has 0 bridgehead atoms. The van der Waals surface area contributed by atoms with Gasteiger partial charge in [0.1, 0.15) is 0 Å². The standard InChI is InChI=1S/C9H13N3O3/c10-7(13)4-1-2-5-6(3-4)11-9(15)12-8(5)14/h4-6H,1-3H2,(H2,10,13)(H2,11,12,14,15). The van der Waals surface area contributed by atoms with Crippen LogP contribution in [0.3, 0.4) is 0 Å². The van der Waals surface area contributed by atoms with Crippen LogP contribution in [-0.4, -0.2) is 23.9 Å². The number of nitrogens with two attached hydrogens (primary N) is 1. The highest BCUT2D eigenvalue weighted by Gasteiger charge is 2.41. The predicted octanol–water partition coefficient (Wildman–Crippen LogP) is -0.904. The summed E-state index contributed by atoms with van der Waals surface area (Å²) in [5.41, 5.74) is 5.21. The van der Waals surface area contributed by atoms with Crippen LogP contribution < -0.4 is 16.4 Å². The van der Waals surface area contributed by atoms with Crippen LogP contribution >= 0.6 is 0 Å². The number of amides is 4. The highest BCUT2D eigenvalue weighted by atomic mass is 16.2. The zero-order valence-electron chi connectivity index (χ0n) is 8.16. The maximum atomic E-state index is 11.4. The van der Waals surface area contributed by atoms with Crippen molar-refractivity contribution in [2.24, 2.45) is 17.6 Å². The molecular weight excluding hydrogens is 198 g/mol. The lowest BCUT2D eigenvalue weighted by Crippen LogP contribution is -2.60. The van der Waals surface area contributed by atoms with E-state index in [0.717, 1.165) is 0 Å². The number of fused-ring (bicyclic) bond motifs is 1. The van der Waals surface area contributed by atoms with E-state index in [1.807, 2.05) is 0 Å². The highest BCUT2D eigenvalue weighted by Crippen LogP contribution is 2.30. The van der Waals surface area contributed by atoms with Gasteiger partial charge in [0.2, 0.25) is 11.8 Å². The van der Waals surface area contributed by atoms with E-state index >= 15 is 0 Å². The molecule has 1 aliphatic heterocycles. The van der Waals surface area contributed by atoms with Crippen molar-refractivity contribution < 1.29 is 14.4 Å². The van der Waals surface area contributed by atoms with Crippen LogP contribution in [0.5, 0.6) is 0 Å². The monoisotopic (exact) mass is 211 g/mol. The van der Waals surface area contributed by atoms with Gasteiger partial charge in [0.25, 0.3) is 0 Å². The van der Waals surface area contributed by atoms with Gasteiger partial charge in [-0.3, -0.25) is 14.9 Å². The van der Waals surface area contributed by atoms with E-state index in [-0.39, 0.29) is 29.7 Å². The van der Waals surface area contributed by atoms with Crippen molar-refractivity contribution >= 4 is 17.8 Å². The molecule has 6 nitrogen and oxygen atoms in total. The summed E-state index contributed by atoms with van der Waals surface area (Å²) < 4.78 is 0. The molecule has 3 unspecified atom stereocenters. The molecule has 1 heterocycles. The van der Waals surface area contributed by atoms with E-state index in [1.54, 1.807) is 0 Å². The number of hydrogen-bond donors (Lipinski definition) is 3. The molecule has 2 aliphatic rings. The van der Waals surface area contributed by atoms with E-state index < -0.39 is 6.03 Å². The number of nitrogens with one attached hydrogen (secondary N) is 2. The minimum absolute atomic E-state index is 0.210. The van der Waals surface area contributed by atoms with Gasteiger partial charge in [-0.1, -0.05) is 0 Å². The number of hydrogen-bond acceptors (Lipinski definition) is 3. The third kappa shape index (κ3) is 1.79. The van der Waals surface area contributed by atoms with Crippen molar-refractivity contribution in [3.8, 4) is 0 Å². The molecule has 2 rings (SSSR count). The Morgan fingerprint density at radius 1 is 1.33 bits per heavy atom. The maximum Gasteiger partial charge on any atom is 0.321 e. The lowest BCUT2D eigenvalue weighted by atomic mass is 9.77. The molecular formula is C9H13N3O3. The maximum absolute atomic E-state index is 11.4. The lowest BCUT2D eigenvalue weighted by Gasteiger charge is -2.37. The predicted molar refractivity (Wildman–Crippen MR) is 50.5 cm³/mol. The summed E-state index contributed by atoms with van der Waals surface area (Å²) >= 11 is 0. The van der Waals surface area contributed by atoms with E-state index in [9.17, 15) is 14.4 Å². The number of imide groups is 1. The second-order valence-electron chi connectivity index (χ2n) is 4.09.